The zero-order chi connectivity index (χ0) is 46.4. The molecule has 6 atom stereocenters. The van der Waals surface area contributed by atoms with Crippen molar-refractivity contribution >= 4 is 64.2 Å². The van der Waals surface area contributed by atoms with Crippen molar-refractivity contribution in [1.29, 1.82) is 0 Å². The SMILES string of the molecule is COc1ccc2c(O[C@H]3C[C@@H](C(N)=O)N(C(=O)[C@H](CCCCCCC[C@@H]4C[C@@H]4P(=O)(O)Cc4c(F)cccc4F)NC(=O)OC4CCCC4)C3)cc(-c3csc(NC(C)C)n3)nc2c1Cl. The highest BCUT2D eigenvalue weighted by Crippen LogP contribution is 2.64. The molecule has 1 aliphatic heterocycles. The highest BCUT2D eigenvalue weighted by atomic mass is 35.5. The summed E-state index contributed by atoms with van der Waals surface area (Å²) in [4.78, 5) is 62.3. The molecule has 5 N–H and O–H groups in total. The predicted octanol–water partition coefficient (Wildman–Crippen LogP) is 9.58. The molecule has 14 nitrogen and oxygen atoms in total. The number of amides is 3. The van der Waals surface area contributed by atoms with Crippen molar-refractivity contribution in [3.05, 3.63) is 64.0 Å². The summed E-state index contributed by atoms with van der Waals surface area (Å²) in [6, 6.07) is 6.85. The van der Waals surface area contributed by atoms with Crippen LogP contribution >= 0.6 is 30.3 Å². The molecule has 2 saturated carbocycles. The Balaban J connectivity index is 0.987. The summed E-state index contributed by atoms with van der Waals surface area (Å²) in [6.07, 6.45) is 6.81. The number of halogens is 3. The summed E-state index contributed by atoms with van der Waals surface area (Å²) in [5, 5.41) is 9.58. The summed E-state index contributed by atoms with van der Waals surface area (Å²) in [7, 11) is -2.27. The minimum atomic E-state index is -3.78. The Labute approximate surface area is 386 Å². The van der Waals surface area contributed by atoms with Gasteiger partial charge in [0, 0.05) is 40.5 Å². The number of primary amides is 1. The molecule has 0 radical (unpaired) electrons. The highest BCUT2D eigenvalue weighted by Gasteiger charge is 2.49. The van der Waals surface area contributed by atoms with Gasteiger partial charge in [-0.1, -0.05) is 49.8 Å². The molecule has 65 heavy (non-hydrogen) atoms. The first kappa shape index (κ1) is 48.4. The fourth-order valence-electron chi connectivity index (χ4n) is 9.02. The number of anilines is 1. The Bertz CT molecular complexity index is 2380. The zero-order valence-electron chi connectivity index (χ0n) is 36.9. The van der Waals surface area contributed by atoms with Crippen molar-refractivity contribution in [2.75, 3.05) is 19.0 Å². The third kappa shape index (κ3) is 12.1. The van der Waals surface area contributed by atoms with Gasteiger partial charge in [0.1, 0.15) is 58.1 Å². The molecule has 1 saturated heterocycles. The molecule has 1 unspecified atom stereocenters. The lowest BCUT2D eigenvalue weighted by molar-refractivity contribution is -0.139. The van der Waals surface area contributed by atoms with Crippen LogP contribution in [0, 0.1) is 17.6 Å². The number of alkyl carbamates (subject to hydrolysis) is 1. The number of hydrogen-bond donors (Lipinski definition) is 4. The molecule has 3 aliphatic rings. The number of benzene rings is 2. The zero-order valence-corrected chi connectivity index (χ0v) is 39.4. The number of rotatable bonds is 21. The fourth-order valence-corrected chi connectivity index (χ4v) is 12.5. The number of thiazole rings is 1. The quantitative estimate of drug-likeness (QED) is 0.0459. The molecule has 7 rings (SSSR count). The number of nitrogens with two attached hydrogens (primary N) is 1. The van der Waals surface area contributed by atoms with E-state index in [0.29, 0.717) is 46.6 Å². The van der Waals surface area contributed by atoms with E-state index < -0.39 is 66.9 Å². The topological polar surface area (TPSA) is 195 Å². The second kappa shape index (κ2) is 21.4. The third-order valence-corrected chi connectivity index (χ3v) is 16.1. The molecule has 3 fully saturated rings. The van der Waals surface area contributed by atoms with Crippen LogP contribution in [0.15, 0.2) is 41.8 Å². The van der Waals surface area contributed by atoms with Gasteiger partial charge in [-0.2, -0.15) is 0 Å². The van der Waals surface area contributed by atoms with Gasteiger partial charge in [-0.15, -0.1) is 11.3 Å². The van der Waals surface area contributed by atoms with Crippen LogP contribution in [0.1, 0.15) is 103 Å². The Kier molecular flexibility index (Phi) is 15.9. The summed E-state index contributed by atoms with van der Waals surface area (Å²) < 4.78 is 59.2. The van der Waals surface area contributed by atoms with Crippen LogP contribution in [0.3, 0.4) is 0 Å². The number of aromatic nitrogens is 2. The van der Waals surface area contributed by atoms with Crippen molar-refractivity contribution in [1.82, 2.24) is 20.2 Å². The number of carbonyl (C=O) groups excluding carboxylic acids is 3. The first-order valence-corrected chi connectivity index (χ1v) is 25.7. The second-order valence-corrected chi connectivity index (χ2v) is 21.5. The fraction of sp³-hybridized carbons (Fsp3) is 0.543. The van der Waals surface area contributed by atoms with Crippen molar-refractivity contribution in [2.45, 2.75) is 139 Å². The van der Waals surface area contributed by atoms with Gasteiger partial charge in [0.2, 0.25) is 19.2 Å². The second-order valence-electron chi connectivity index (χ2n) is 17.7. The van der Waals surface area contributed by atoms with E-state index in [1.165, 1.54) is 29.4 Å². The normalized spacial score (nSPS) is 21.0. The van der Waals surface area contributed by atoms with E-state index in [9.17, 15) is 32.6 Å². The minimum Gasteiger partial charge on any atom is -0.495 e. The van der Waals surface area contributed by atoms with E-state index in [2.05, 4.69) is 10.6 Å². The van der Waals surface area contributed by atoms with Crippen molar-refractivity contribution < 1.29 is 46.8 Å². The average Bonchev–Trinajstić information content (AvgIpc) is 3.55. The van der Waals surface area contributed by atoms with Gasteiger partial charge >= 0.3 is 6.09 Å². The number of ether oxygens (including phenoxy) is 3. The van der Waals surface area contributed by atoms with Gasteiger partial charge in [0.25, 0.3) is 0 Å². The molecular weight excluding hydrogens is 901 g/mol. The summed E-state index contributed by atoms with van der Waals surface area (Å²) in [5.41, 5.74) is 6.65. The number of pyridine rings is 1. The number of carbonyl (C=O) groups is 3. The van der Waals surface area contributed by atoms with E-state index in [0.717, 1.165) is 75.1 Å². The predicted molar refractivity (Wildman–Crippen MR) is 247 cm³/mol. The third-order valence-electron chi connectivity index (χ3n) is 12.5. The largest absolute Gasteiger partial charge is 0.495 e. The van der Waals surface area contributed by atoms with E-state index in [1.807, 2.05) is 19.2 Å². The Hall–Kier alpha value is -4.57. The molecule has 3 heterocycles. The van der Waals surface area contributed by atoms with Gasteiger partial charge in [-0.3, -0.25) is 14.2 Å². The monoisotopic (exact) mass is 958 g/mol. The first-order valence-electron chi connectivity index (χ1n) is 22.5. The van der Waals surface area contributed by atoms with Gasteiger partial charge in [-0.25, -0.2) is 23.5 Å². The van der Waals surface area contributed by atoms with Crippen LogP contribution in [-0.4, -0.2) is 87.3 Å². The number of unbranched alkanes of at least 4 members (excludes halogenated alkanes) is 4. The van der Waals surface area contributed by atoms with Crippen LogP contribution in [0.5, 0.6) is 11.5 Å². The van der Waals surface area contributed by atoms with Gasteiger partial charge in [0.15, 0.2) is 5.13 Å². The Morgan fingerprint density at radius 3 is 2.43 bits per heavy atom. The molecular formula is C46H58ClF2N6O8PS. The van der Waals surface area contributed by atoms with E-state index in [1.54, 1.807) is 18.2 Å². The number of methoxy groups -OCH3 is 1. The van der Waals surface area contributed by atoms with E-state index >= 15 is 0 Å². The maximum absolute atomic E-state index is 14.4. The van der Waals surface area contributed by atoms with Gasteiger partial charge in [-0.05, 0) is 89.0 Å². The van der Waals surface area contributed by atoms with Crippen LogP contribution in [0.4, 0.5) is 18.7 Å². The summed E-state index contributed by atoms with van der Waals surface area (Å²) >= 11 is 8.23. The average molecular weight is 959 g/mol. The van der Waals surface area contributed by atoms with Gasteiger partial charge in [0.05, 0.1) is 31.0 Å². The molecule has 3 amide bonds. The Morgan fingerprint density at radius 2 is 1.72 bits per heavy atom. The molecule has 4 aromatic rings. The maximum atomic E-state index is 14.4. The minimum absolute atomic E-state index is 0.0165. The van der Waals surface area contributed by atoms with Crippen molar-refractivity contribution in [3.8, 4) is 22.9 Å². The van der Waals surface area contributed by atoms with Gasteiger partial charge < -0.3 is 40.4 Å². The highest BCUT2D eigenvalue weighted by molar-refractivity contribution is 7.58. The number of hydrogen-bond acceptors (Lipinski definition) is 11. The van der Waals surface area contributed by atoms with Crippen molar-refractivity contribution in [3.63, 3.8) is 0 Å². The van der Waals surface area contributed by atoms with Crippen molar-refractivity contribution in [2.24, 2.45) is 11.7 Å². The molecule has 352 valence electrons. The lowest BCUT2D eigenvalue weighted by Gasteiger charge is -2.28. The number of nitrogens with zero attached hydrogens (tertiary/aromatic N) is 3. The number of likely N-dealkylation sites (tertiary alicyclic amines) is 1. The molecule has 19 heteroatoms. The first-order chi connectivity index (χ1) is 31.1. The van der Waals surface area contributed by atoms with Crippen LogP contribution in [0.25, 0.3) is 22.3 Å². The number of nitrogens with one attached hydrogen (secondary N) is 2. The molecule has 2 aliphatic carbocycles. The molecule has 2 aromatic carbocycles. The lowest BCUT2D eigenvalue weighted by Crippen LogP contribution is -2.53. The summed E-state index contributed by atoms with van der Waals surface area (Å²) in [6.45, 7) is 4.05. The lowest BCUT2D eigenvalue weighted by atomic mass is 10.0. The van der Waals surface area contributed by atoms with Crippen LogP contribution in [0.2, 0.25) is 5.02 Å². The van der Waals surface area contributed by atoms with E-state index in [-0.39, 0.29) is 48.0 Å². The smallest absolute Gasteiger partial charge is 0.408 e. The molecule has 2 aromatic heterocycles. The Morgan fingerprint density at radius 1 is 1.00 bits per heavy atom. The number of fused-ring (bicyclic) bond motifs is 1. The molecule has 0 spiro atoms. The van der Waals surface area contributed by atoms with E-state index in [4.69, 9.17) is 41.5 Å². The standard InChI is InChI=1S/C46H58ClF2N6O8PS/c1-26(2)51-45-53-36(25-65-45)35-22-39(30-18-19-38(61-3)41(47)42(30)52-35)62-29-21-37(43(50)56)55(23-29)44(57)34(54-46(58)63-28-13-9-10-14-28)17-8-6-4-5-7-12-27-20-40(27)64(59,60)24-31-32(48)15-11-16-33(31)49/h11,15-16,18-19,22,25-29,34,37,40H,4-10,12-14,17,20-21,23-24H2,1-3H3,(H2,50,56)(H,51,53)(H,54,58)(H,59,60)/t27-,29+,34+,37+,40+/m1/s1. The summed E-state index contributed by atoms with van der Waals surface area (Å²) in [5.74, 6) is -1.92. The van der Waals surface area contributed by atoms with Crippen LogP contribution < -0.4 is 25.8 Å². The maximum Gasteiger partial charge on any atom is 0.408 e. The molecule has 0 bridgehead atoms. The van der Waals surface area contributed by atoms with Crippen LogP contribution in [-0.2, 0) is 25.1 Å².